The van der Waals surface area contributed by atoms with Gasteiger partial charge in [-0.05, 0) is 50.6 Å². The molecule has 1 aliphatic carbocycles. The highest BCUT2D eigenvalue weighted by molar-refractivity contribution is 7.92. The molecule has 7 nitrogen and oxygen atoms in total. The topological polar surface area (TPSA) is 125 Å². The van der Waals surface area contributed by atoms with E-state index < -0.39 is 26.4 Å². The third-order valence-electron chi connectivity index (χ3n) is 5.65. The summed E-state index contributed by atoms with van der Waals surface area (Å²) >= 11 is 0. The zero-order chi connectivity index (χ0) is 21.7. The van der Waals surface area contributed by atoms with Crippen LogP contribution in [0, 0.1) is 6.92 Å². The lowest BCUT2D eigenvalue weighted by molar-refractivity contribution is -0.120. The van der Waals surface area contributed by atoms with Crippen LogP contribution >= 0.6 is 0 Å². The minimum absolute atomic E-state index is 0.104. The van der Waals surface area contributed by atoms with Gasteiger partial charge in [0.15, 0.2) is 9.84 Å². The van der Waals surface area contributed by atoms with E-state index in [9.17, 15) is 13.2 Å². The quantitative estimate of drug-likeness (QED) is 0.625. The normalized spacial score (nSPS) is 20.8. The van der Waals surface area contributed by atoms with Crippen LogP contribution in [0.15, 0.2) is 53.4 Å². The Labute approximate surface area is 175 Å². The predicted molar refractivity (Wildman–Crippen MR) is 115 cm³/mol. The second-order valence-electron chi connectivity index (χ2n) is 7.56. The van der Waals surface area contributed by atoms with Crippen molar-refractivity contribution >= 4 is 32.5 Å². The first kappa shape index (κ1) is 20.2. The molecule has 0 saturated heterocycles. The van der Waals surface area contributed by atoms with Crippen molar-refractivity contribution in [2.75, 3.05) is 12.3 Å². The van der Waals surface area contributed by atoms with Crippen LogP contribution in [0.3, 0.4) is 0 Å². The number of anilines is 1. The standard InChI is InChI=1S/C22H23N3O4S/c1-3-29-17-9-7-13(2)11-15(17)22(21(24)26)12-19(22)30(27,28)18-6-4-5-16-14(18)8-10-20(23)25-16/h4-11,19H,3,12H2,1-2H3,(H2,23,25)(H2,24,26). The zero-order valence-corrected chi connectivity index (χ0v) is 17.6. The fraction of sp³-hybridized carbons (Fsp3) is 0.273. The molecule has 1 heterocycles. The lowest BCUT2D eigenvalue weighted by Crippen LogP contribution is -2.34. The number of carbonyl (C=O) groups excluding carboxylic acids is 1. The van der Waals surface area contributed by atoms with Gasteiger partial charge in [0.25, 0.3) is 0 Å². The van der Waals surface area contributed by atoms with Crippen molar-refractivity contribution in [3.63, 3.8) is 0 Å². The SMILES string of the molecule is CCOc1ccc(C)cc1C1(C(N)=O)CC1S(=O)(=O)c1cccc2nc(N)ccc12. The summed E-state index contributed by atoms with van der Waals surface area (Å²) in [5, 5.41) is -0.516. The number of primary amides is 1. The number of hydrogen-bond acceptors (Lipinski definition) is 6. The van der Waals surface area contributed by atoms with Crippen LogP contribution in [0.4, 0.5) is 5.82 Å². The number of aryl methyl sites for hydroxylation is 1. The van der Waals surface area contributed by atoms with Gasteiger partial charge in [-0.3, -0.25) is 4.79 Å². The van der Waals surface area contributed by atoms with Gasteiger partial charge in [0.05, 0.1) is 27.7 Å². The summed E-state index contributed by atoms with van der Waals surface area (Å²) < 4.78 is 33.0. The number of ether oxygens (including phenoxy) is 1. The van der Waals surface area contributed by atoms with Crippen molar-refractivity contribution in [1.82, 2.24) is 4.98 Å². The van der Waals surface area contributed by atoms with Gasteiger partial charge in [0.1, 0.15) is 11.6 Å². The number of amides is 1. The number of nitrogen functional groups attached to an aromatic ring is 1. The lowest BCUT2D eigenvalue weighted by Gasteiger charge is -2.19. The molecule has 0 spiro atoms. The Balaban J connectivity index is 1.87. The molecule has 0 aliphatic heterocycles. The van der Waals surface area contributed by atoms with E-state index in [2.05, 4.69) is 4.98 Å². The summed E-state index contributed by atoms with van der Waals surface area (Å²) in [6, 6.07) is 13.4. The van der Waals surface area contributed by atoms with Crippen molar-refractivity contribution in [3.05, 3.63) is 59.7 Å². The lowest BCUT2D eigenvalue weighted by atomic mass is 9.93. The fourth-order valence-corrected chi connectivity index (χ4v) is 6.41. The predicted octanol–water partition coefficient (Wildman–Crippen LogP) is 2.49. The second kappa shape index (κ2) is 6.98. The Morgan fingerprint density at radius 3 is 2.70 bits per heavy atom. The number of rotatable bonds is 6. The number of nitrogens with zero attached hydrogens (tertiary/aromatic N) is 1. The number of aromatic nitrogens is 1. The molecule has 156 valence electrons. The molecule has 1 saturated carbocycles. The van der Waals surface area contributed by atoms with Crippen molar-refractivity contribution in [2.24, 2.45) is 5.73 Å². The third kappa shape index (κ3) is 2.99. The number of nitrogens with two attached hydrogens (primary N) is 2. The van der Waals surface area contributed by atoms with Gasteiger partial charge in [-0.25, -0.2) is 13.4 Å². The molecule has 0 bridgehead atoms. The monoisotopic (exact) mass is 425 g/mol. The Kier molecular flexibility index (Phi) is 4.69. The number of fused-ring (bicyclic) bond motifs is 1. The summed E-state index contributed by atoms with van der Waals surface area (Å²) in [5.74, 6) is 0.105. The van der Waals surface area contributed by atoms with Gasteiger partial charge in [-0.1, -0.05) is 23.8 Å². The molecule has 1 aromatic heterocycles. The average molecular weight is 426 g/mol. The zero-order valence-electron chi connectivity index (χ0n) is 16.8. The Morgan fingerprint density at radius 1 is 1.23 bits per heavy atom. The van der Waals surface area contributed by atoms with E-state index in [0.717, 1.165) is 5.56 Å². The maximum absolute atomic E-state index is 13.6. The molecule has 1 amide bonds. The van der Waals surface area contributed by atoms with Crippen LogP contribution in [-0.2, 0) is 20.0 Å². The average Bonchev–Trinajstić information content (AvgIpc) is 3.47. The highest BCUT2D eigenvalue weighted by atomic mass is 32.2. The largest absolute Gasteiger partial charge is 0.494 e. The van der Waals surface area contributed by atoms with Crippen molar-refractivity contribution in [3.8, 4) is 5.75 Å². The molecule has 8 heteroatoms. The van der Waals surface area contributed by atoms with E-state index in [1.807, 2.05) is 19.9 Å². The number of sulfone groups is 1. The minimum Gasteiger partial charge on any atom is -0.494 e. The molecule has 30 heavy (non-hydrogen) atoms. The van der Waals surface area contributed by atoms with E-state index >= 15 is 0 Å². The molecular weight excluding hydrogens is 402 g/mol. The van der Waals surface area contributed by atoms with Crippen LogP contribution in [0.5, 0.6) is 5.75 Å². The summed E-state index contributed by atoms with van der Waals surface area (Å²) in [5.41, 5.74) is 12.1. The molecular formula is C22H23N3O4S. The molecule has 2 unspecified atom stereocenters. The molecule has 2 atom stereocenters. The maximum Gasteiger partial charge on any atom is 0.229 e. The molecule has 3 aromatic rings. The fourth-order valence-electron chi connectivity index (χ4n) is 4.10. The van der Waals surface area contributed by atoms with Crippen LogP contribution in [-0.4, -0.2) is 31.2 Å². The van der Waals surface area contributed by atoms with E-state index in [0.29, 0.717) is 34.6 Å². The van der Waals surface area contributed by atoms with Gasteiger partial charge in [0, 0.05) is 10.9 Å². The summed E-state index contributed by atoms with van der Waals surface area (Å²) in [6.45, 7) is 4.09. The highest BCUT2D eigenvalue weighted by Crippen LogP contribution is 2.57. The summed E-state index contributed by atoms with van der Waals surface area (Å²) in [7, 11) is -3.89. The molecule has 1 aliphatic rings. The van der Waals surface area contributed by atoms with Gasteiger partial charge in [0.2, 0.25) is 5.91 Å². The number of carbonyl (C=O) groups is 1. The Bertz CT molecular complexity index is 1270. The van der Waals surface area contributed by atoms with Crippen molar-refractivity contribution in [1.29, 1.82) is 0 Å². The molecule has 4 rings (SSSR count). The van der Waals surface area contributed by atoms with Crippen LogP contribution in [0.2, 0.25) is 0 Å². The van der Waals surface area contributed by atoms with E-state index in [4.69, 9.17) is 16.2 Å². The van der Waals surface area contributed by atoms with Crippen molar-refractivity contribution in [2.45, 2.75) is 35.8 Å². The van der Waals surface area contributed by atoms with Crippen LogP contribution in [0.25, 0.3) is 10.9 Å². The number of pyridine rings is 1. The Hall–Kier alpha value is -3.13. The van der Waals surface area contributed by atoms with Gasteiger partial charge < -0.3 is 16.2 Å². The number of hydrogen-bond donors (Lipinski definition) is 2. The van der Waals surface area contributed by atoms with Crippen LogP contribution < -0.4 is 16.2 Å². The minimum atomic E-state index is -3.89. The number of benzene rings is 2. The molecule has 2 aromatic carbocycles. The van der Waals surface area contributed by atoms with E-state index in [1.165, 1.54) is 6.07 Å². The Morgan fingerprint density at radius 2 is 2.00 bits per heavy atom. The molecule has 0 radical (unpaired) electrons. The third-order valence-corrected chi connectivity index (χ3v) is 7.93. The summed E-state index contributed by atoms with van der Waals surface area (Å²) in [4.78, 5) is 16.9. The molecule has 1 fully saturated rings. The van der Waals surface area contributed by atoms with Gasteiger partial charge >= 0.3 is 0 Å². The summed E-state index contributed by atoms with van der Waals surface area (Å²) in [6.07, 6.45) is 0.104. The first-order valence-corrected chi connectivity index (χ1v) is 11.2. The van der Waals surface area contributed by atoms with E-state index in [-0.39, 0.29) is 11.3 Å². The first-order valence-electron chi connectivity index (χ1n) is 9.64. The van der Waals surface area contributed by atoms with Crippen LogP contribution in [0.1, 0.15) is 24.5 Å². The van der Waals surface area contributed by atoms with Gasteiger partial charge in [-0.15, -0.1) is 0 Å². The molecule has 4 N–H and O–H groups in total. The smallest absolute Gasteiger partial charge is 0.229 e. The highest BCUT2D eigenvalue weighted by Gasteiger charge is 2.67. The second-order valence-corrected chi connectivity index (χ2v) is 9.66. The maximum atomic E-state index is 13.6. The van der Waals surface area contributed by atoms with Crippen molar-refractivity contribution < 1.29 is 17.9 Å². The van der Waals surface area contributed by atoms with Gasteiger partial charge in [-0.2, -0.15) is 0 Å². The van der Waals surface area contributed by atoms with E-state index in [1.54, 1.807) is 36.4 Å². The first-order chi connectivity index (χ1) is 14.2.